The van der Waals surface area contributed by atoms with Crippen LogP contribution in [0.4, 0.5) is 10.5 Å². The summed E-state index contributed by atoms with van der Waals surface area (Å²) in [7, 11) is 0. The number of rotatable bonds is 5. The molecule has 2 amide bonds. The van der Waals surface area contributed by atoms with Crippen LogP contribution in [0.5, 0.6) is 0 Å². The van der Waals surface area contributed by atoms with Crippen molar-refractivity contribution in [1.29, 1.82) is 0 Å². The van der Waals surface area contributed by atoms with E-state index in [-0.39, 0.29) is 6.03 Å². The second kappa shape index (κ2) is 8.55. The number of carbonyl (C=O) groups excluding carboxylic acids is 1. The molecule has 0 spiro atoms. The molecule has 0 saturated heterocycles. The van der Waals surface area contributed by atoms with Crippen LogP contribution >= 0.6 is 11.6 Å². The molecule has 0 aliphatic rings. The van der Waals surface area contributed by atoms with Gasteiger partial charge >= 0.3 is 6.03 Å². The Kier molecular flexibility index (Phi) is 5.68. The van der Waals surface area contributed by atoms with Crippen LogP contribution in [0, 0.1) is 13.8 Å². The largest absolute Gasteiger partial charge is 0.336 e. The molecule has 30 heavy (non-hydrogen) atoms. The third kappa shape index (κ3) is 4.28. The smallest absolute Gasteiger partial charge is 0.319 e. The quantitative estimate of drug-likeness (QED) is 0.467. The number of benzene rings is 2. The summed E-state index contributed by atoms with van der Waals surface area (Å²) < 4.78 is 2.03. The average Bonchev–Trinajstić information content (AvgIpc) is 3.10. The van der Waals surface area contributed by atoms with Crippen molar-refractivity contribution in [1.82, 2.24) is 19.9 Å². The molecule has 0 fully saturated rings. The lowest BCUT2D eigenvalue weighted by Crippen LogP contribution is -2.31. The van der Waals surface area contributed by atoms with E-state index in [0.717, 1.165) is 28.1 Å². The maximum absolute atomic E-state index is 12.4. The number of nitrogens with zero attached hydrogens (tertiary/aromatic N) is 3. The van der Waals surface area contributed by atoms with Crippen LogP contribution in [-0.4, -0.2) is 27.1 Å². The highest BCUT2D eigenvalue weighted by atomic mass is 35.5. The van der Waals surface area contributed by atoms with E-state index in [1.165, 1.54) is 5.56 Å². The molecule has 0 aliphatic carbocycles. The number of aryl methyl sites for hydroxylation is 2. The van der Waals surface area contributed by atoms with Gasteiger partial charge in [-0.3, -0.25) is 0 Å². The van der Waals surface area contributed by atoms with Crippen molar-refractivity contribution in [3.63, 3.8) is 0 Å². The summed E-state index contributed by atoms with van der Waals surface area (Å²) in [4.78, 5) is 21.6. The molecule has 2 N–H and O–H groups in total. The van der Waals surface area contributed by atoms with Crippen LogP contribution in [0.3, 0.4) is 0 Å². The van der Waals surface area contributed by atoms with E-state index in [0.29, 0.717) is 23.8 Å². The van der Waals surface area contributed by atoms with Crippen molar-refractivity contribution >= 4 is 34.5 Å². The van der Waals surface area contributed by atoms with Gasteiger partial charge < -0.3 is 15.2 Å². The number of hydrogen-bond donors (Lipinski definition) is 2. The molecule has 7 heteroatoms. The predicted molar refractivity (Wildman–Crippen MR) is 121 cm³/mol. The van der Waals surface area contributed by atoms with Gasteiger partial charge in [0, 0.05) is 35.6 Å². The second-order valence-corrected chi connectivity index (χ2v) is 7.58. The summed E-state index contributed by atoms with van der Waals surface area (Å²) >= 11 is 6.02. The third-order valence-electron chi connectivity index (χ3n) is 4.88. The Labute approximate surface area is 179 Å². The fraction of sp³-hybridized carbons (Fsp3) is 0.174. The molecular weight excluding hydrogens is 398 g/mol. The summed E-state index contributed by atoms with van der Waals surface area (Å²) in [6, 6.07) is 17.2. The SMILES string of the molecule is Cc1ccc(-c2nc3cccnc3n2CCNC(=O)Nc2cc(Cl)ccc2C)cc1. The van der Waals surface area contributed by atoms with Crippen molar-refractivity contribution in [2.45, 2.75) is 20.4 Å². The van der Waals surface area contributed by atoms with Gasteiger partial charge in [0.05, 0.1) is 0 Å². The van der Waals surface area contributed by atoms with E-state index < -0.39 is 0 Å². The molecule has 0 unspecified atom stereocenters. The van der Waals surface area contributed by atoms with Crippen LogP contribution in [-0.2, 0) is 6.54 Å². The number of fused-ring (bicyclic) bond motifs is 1. The molecule has 2 heterocycles. The highest BCUT2D eigenvalue weighted by Gasteiger charge is 2.14. The summed E-state index contributed by atoms with van der Waals surface area (Å²) in [6.07, 6.45) is 1.75. The lowest BCUT2D eigenvalue weighted by atomic mass is 10.1. The molecule has 4 aromatic rings. The topological polar surface area (TPSA) is 71.8 Å². The number of carbonyl (C=O) groups is 1. The first-order valence-electron chi connectivity index (χ1n) is 9.70. The summed E-state index contributed by atoms with van der Waals surface area (Å²) in [5, 5.41) is 6.32. The Bertz CT molecular complexity index is 1200. The molecule has 0 aliphatic heterocycles. The van der Waals surface area contributed by atoms with E-state index in [1.54, 1.807) is 18.3 Å². The number of anilines is 1. The van der Waals surface area contributed by atoms with Crippen LogP contribution in [0.1, 0.15) is 11.1 Å². The number of pyridine rings is 1. The Hall–Kier alpha value is -3.38. The van der Waals surface area contributed by atoms with Crippen LogP contribution < -0.4 is 10.6 Å². The van der Waals surface area contributed by atoms with Gasteiger partial charge in [-0.25, -0.2) is 14.8 Å². The number of imidazole rings is 1. The lowest BCUT2D eigenvalue weighted by molar-refractivity contribution is 0.251. The standard InChI is InChI=1S/C23H22ClN5O/c1-15-5-8-17(9-6-15)21-27-19-4-3-11-25-22(19)29(21)13-12-26-23(30)28-20-14-18(24)10-7-16(20)2/h3-11,14H,12-13H2,1-2H3,(H2,26,28,30). The molecular formula is C23H22ClN5O. The molecule has 4 rings (SSSR count). The first-order chi connectivity index (χ1) is 14.5. The highest BCUT2D eigenvalue weighted by Crippen LogP contribution is 2.24. The molecule has 2 aromatic heterocycles. The molecule has 0 bridgehead atoms. The Morgan fingerprint density at radius 3 is 2.70 bits per heavy atom. The van der Waals surface area contributed by atoms with Gasteiger partial charge in [-0.2, -0.15) is 0 Å². The number of amides is 2. The molecule has 0 atom stereocenters. The van der Waals surface area contributed by atoms with Crippen LogP contribution in [0.25, 0.3) is 22.6 Å². The normalized spacial score (nSPS) is 10.9. The maximum atomic E-state index is 12.4. The zero-order valence-electron chi connectivity index (χ0n) is 16.8. The first-order valence-corrected chi connectivity index (χ1v) is 10.1. The van der Waals surface area contributed by atoms with Gasteiger partial charge in [0.15, 0.2) is 5.65 Å². The zero-order valence-corrected chi connectivity index (χ0v) is 17.6. The molecule has 2 aromatic carbocycles. The minimum Gasteiger partial charge on any atom is -0.336 e. The van der Waals surface area contributed by atoms with E-state index >= 15 is 0 Å². The van der Waals surface area contributed by atoms with Gasteiger partial charge in [-0.15, -0.1) is 0 Å². The minimum atomic E-state index is -0.283. The van der Waals surface area contributed by atoms with Crippen molar-refractivity contribution in [3.8, 4) is 11.4 Å². The van der Waals surface area contributed by atoms with Crippen molar-refractivity contribution in [2.24, 2.45) is 0 Å². The van der Waals surface area contributed by atoms with Crippen LogP contribution in [0.15, 0.2) is 60.8 Å². The molecule has 6 nitrogen and oxygen atoms in total. The molecule has 0 saturated carbocycles. The number of hydrogen-bond acceptors (Lipinski definition) is 3. The lowest BCUT2D eigenvalue weighted by Gasteiger charge is -2.12. The number of aromatic nitrogens is 3. The van der Waals surface area contributed by atoms with E-state index in [9.17, 15) is 4.79 Å². The number of urea groups is 1. The van der Waals surface area contributed by atoms with Crippen molar-refractivity contribution < 1.29 is 4.79 Å². The minimum absolute atomic E-state index is 0.283. The fourth-order valence-corrected chi connectivity index (χ4v) is 3.44. The Morgan fingerprint density at radius 1 is 1.10 bits per heavy atom. The second-order valence-electron chi connectivity index (χ2n) is 7.14. The van der Waals surface area contributed by atoms with Gasteiger partial charge in [-0.05, 0) is 43.7 Å². The fourth-order valence-electron chi connectivity index (χ4n) is 3.27. The van der Waals surface area contributed by atoms with Crippen molar-refractivity contribution in [3.05, 3.63) is 76.9 Å². The number of halogens is 1. The van der Waals surface area contributed by atoms with Gasteiger partial charge in [-0.1, -0.05) is 47.5 Å². The van der Waals surface area contributed by atoms with Crippen molar-refractivity contribution in [2.75, 3.05) is 11.9 Å². The summed E-state index contributed by atoms with van der Waals surface area (Å²) in [6.45, 7) is 4.94. The predicted octanol–water partition coefficient (Wildman–Crippen LogP) is 5.19. The Balaban J connectivity index is 1.51. The van der Waals surface area contributed by atoms with Gasteiger partial charge in [0.2, 0.25) is 0 Å². The molecule has 0 radical (unpaired) electrons. The maximum Gasteiger partial charge on any atom is 0.319 e. The first kappa shape index (κ1) is 19.9. The zero-order chi connectivity index (χ0) is 21.1. The highest BCUT2D eigenvalue weighted by molar-refractivity contribution is 6.31. The van der Waals surface area contributed by atoms with E-state index in [1.807, 2.05) is 29.7 Å². The average molecular weight is 420 g/mol. The number of nitrogens with one attached hydrogen (secondary N) is 2. The van der Waals surface area contributed by atoms with E-state index in [4.69, 9.17) is 16.6 Å². The third-order valence-corrected chi connectivity index (χ3v) is 5.12. The van der Waals surface area contributed by atoms with Crippen LogP contribution in [0.2, 0.25) is 5.02 Å². The van der Waals surface area contributed by atoms with E-state index in [2.05, 4.69) is 46.8 Å². The summed E-state index contributed by atoms with van der Waals surface area (Å²) in [5.41, 5.74) is 5.45. The van der Waals surface area contributed by atoms with Gasteiger partial charge in [0.25, 0.3) is 0 Å². The summed E-state index contributed by atoms with van der Waals surface area (Å²) in [5.74, 6) is 0.830. The van der Waals surface area contributed by atoms with Gasteiger partial charge in [0.1, 0.15) is 11.3 Å². The monoisotopic (exact) mass is 419 g/mol. The molecule has 152 valence electrons. The Morgan fingerprint density at radius 2 is 1.90 bits per heavy atom.